The number of aromatic nitrogens is 1. The van der Waals surface area contributed by atoms with Gasteiger partial charge in [0.2, 0.25) is 0 Å². The lowest BCUT2D eigenvalue weighted by molar-refractivity contribution is 0.0357. The number of morpholine rings is 1. The fourth-order valence-corrected chi connectivity index (χ4v) is 4.15. The third-order valence-electron chi connectivity index (χ3n) is 5.93. The van der Waals surface area contributed by atoms with E-state index in [0.29, 0.717) is 40.8 Å². The topological polar surface area (TPSA) is 92.8 Å². The van der Waals surface area contributed by atoms with Crippen molar-refractivity contribution >= 4 is 22.4 Å². The number of nitriles is 1. The summed E-state index contributed by atoms with van der Waals surface area (Å²) in [6, 6.07) is 15.4. The van der Waals surface area contributed by atoms with Crippen molar-refractivity contribution in [3.05, 3.63) is 54.3 Å². The maximum Gasteiger partial charge on any atom is 0.163 e. The Morgan fingerprint density at radius 3 is 2.85 bits per heavy atom. The summed E-state index contributed by atoms with van der Waals surface area (Å²) in [6.07, 6.45) is 2.53. The molecule has 0 radical (unpaired) electrons. The Kier molecular flexibility index (Phi) is 6.47. The molecule has 5 rings (SSSR count). The van der Waals surface area contributed by atoms with Crippen molar-refractivity contribution in [2.45, 2.75) is 6.42 Å². The van der Waals surface area contributed by atoms with Gasteiger partial charge in [-0.15, -0.1) is 0 Å². The number of ether oxygens (including phenoxy) is 3. The molecule has 2 aromatic rings. The van der Waals surface area contributed by atoms with Crippen molar-refractivity contribution in [1.82, 2.24) is 9.88 Å². The van der Waals surface area contributed by atoms with E-state index < -0.39 is 0 Å². The monoisotopic (exact) mass is 458 g/mol. The van der Waals surface area contributed by atoms with Gasteiger partial charge in [-0.25, -0.2) is 4.98 Å². The molecule has 1 aromatic carbocycles. The predicted octanol–water partition coefficient (Wildman–Crippen LogP) is 4.66. The maximum absolute atomic E-state index is 9.73. The zero-order valence-corrected chi connectivity index (χ0v) is 19.0. The zero-order valence-electron chi connectivity index (χ0n) is 19.0. The van der Waals surface area contributed by atoms with Gasteiger partial charge in [0, 0.05) is 36.7 Å². The smallest absolute Gasteiger partial charge is 0.163 e. The van der Waals surface area contributed by atoms with Crippen LogP contribution in [0.3, 0.4) is 0 Å². The number of benzene rings is 1. The van der Waals surface area contributed by atoms with Gasteiger partial charge in [0.15, 0.2) is 17.3 Å². The van der Waals surface area contributed by atoms with E-state index >= 15 is 0 Å². The molecular weight excluding hydrogens is 432 g/mol. The number of fused-ring (bicyclic) bond motifs is 2. The Morgan fingerprint density at radius 2 is 2.03 bits per heavy atom. The third-order valence-corrected chi connectivity index (χ3v) is 5.93. The highest BCUT2D eigenvalue weighted by Crippen LogP contribution is 2.36. The van der Waals surface area contributed by atoms with Crippen LogP contribution in [0.15, 0.2) is 53.1 Å². The van der Waals surface area contributed by atoms with Crippen LogP contribution in [0, 0.1) is 11.3 Å². The third kappa shape index (κ3) is 4.62. The normalized spacial score (nSPS) is 14.2. The highest BCUT2D eigenvalue weighted by molar-refractivity contribution is 5.88. The van der Waals surface area contributed by atoms with Crippen molar-refractivity contribution in [3.8, 4) is 28.9 Å². The lowest BCUT2D eigenvalue weighted by Crippen LogP contribution is -2.37. The molecule has 0 amide bonds. The van der Waals surface area contributed by atoms with Crippen LogP contribution >= 0.6 is 0 Å². The minimum absolute atomic E-state index is 0.430. The number of rotatable bonds is 8. The van der Waals surface area contributed by atoms with Gasteiger partial charge in [0.1, 0.15) is 11.9 Å². The summed E-state index contributed by atoms with van der Waals surface area (Å²) in [5.74, 6) is 2.43. The molecule has 8 nitrogen and oxygen atoms in total. The average molecular weight is 459 g/mol. The van der Waals surface area contributed by atoms with Gasteiger partial charge in [-0.2, -0.15) is 5.26 Å². The van der Waals surface area contributed by atoms with E-state index in [1.54, 1.807) is 19.4 Å². The molecule has 1 aromatic heterocycles. The Labute approximate surface area is 198 Å². The Morgan fingerprint density at radius 1 is 1.15 bits per heavy atom. The van der Waals surface area contributed by atoms with Gasteiger partial charge in [0.25, 0.3) is 0 Å². The molecule has 0 saturated carbocycles. The summed E-state index contributed by atoms with van der Waals surface area (Å²) in [5.41, 5.74) is 2.87. The number of hydrogen-bond acceptors (Lipinski definition) is 8. The standard InChI is InChI=1S/C26H26N4O4/c1-31-23-15-19-14-20(17-27)26(28-21-6-5-18-4-2-10-34-25(18)21)29-22(19)16-24(23)33-11-3-7-30-8-12-32-13-9-30/h2,4-6,10,14-16H,3,7-9,11-13H2,1H3,(H,28,29). The molecule has 3 heterocycles. The number of nitrogens with one attached hydrogen (secondary N) is 1. The molecule has 1 N–H and O–H groups in total. The SMILES string of the molecule is COc1cc2cc(C#N)c(Nc3ccc4cccoc3-4)nc2cc1OCCCN1CCOCC1. The molecule has 0 bridgehead atoms. The van der Waals surface area contributed by atoms with Gasteiger partial charge in [0.05, 0.1) is 50.0 Å². The minimum Gasteiger partial charge on any atom is -0.493 e. The van der Waals surface area contributed by atoms with Gasteiger partial charge in [-0.05, 0) is 42.8 Å². The van der Waals surface area contributed by atoms with Crippen molar-refractivity contribution in [2.24, 2.45) is 0 Å². The van der Waals surface area contributed by atoms with E-state index in [1.807, 2.05) is 36.4 Å². The number of nitrogens with zero attached hydrogens (tertiary/aromatic N) is 3. The summed E-state index contributed by atoms with van der Waals surface area (Å²) >= 11 is 0. The molecule has 2 aliphatic heterocycles. The van der Waals surface area contributed by atoms with E-state index in [4.69, 9.17) is 23.6 Å². The van der Waals surface area contributed by atoms with Crippen LogP contribution in [0.4, 0.5) is 11.5 Å². The summed E-state index contributed by atoms with van der Waals surface area (Å²) < 4.78 is 22.7. The molecule has 1 aliphatic carbocycles. The number of pyridine rings is 1. The lowest BCUT2D eigenvalue weighted by atomic mass is 10.1. The zero-order chi connectivity index (χ0) is 23.3. The Balaban J connectivity index is 1.37. The molecule has 174 valence electrons. The highest BCUT2D eigenvalue weighted by atomic mass is 16.5. The van der Waals surface area contributed by atoms with Crippen molar-refractivity contribution in [2.75, 3.05) is 51.9 Å². The maximum atomic E-state index is 9.73. The molecular formula is C26H26N4O4. The minimum atomic E-state index is 0.430. The first kappa shape index (κ1) is 22.0. The van der Waals surface area contributed by atoms with Crippen LogP contribution in [0.1, 0.15) is 12.0 Å². The molecule has 34 heavy (non-hydrogen) atoms. The van der Waals surface area contributed by atoms with Crippen molar-refractivity contribution < 1.29 is 18.6 Å². The predicted molar refractivity (Wildman–Crippen MR) is 129 cm³/mol. The van der Waals surface area contributed by atoms with Crippen LogP contribution in [0.25, 0.3) is 22.2 Å². The Hall–Kier alpha value is -3.80. The molecule has 1 fully saturated rings. The summed E-state index contributed by atoms with van der Waals surface area (Å²) in [5, 5.41) is 13.8. The fourth-order valence-electron chi connectivity index (χ4n) is 4.15. The molecule has 0 spiro atoms. The van der Waals surface area contributed by atoms with E-state index in [-0.39, 0.29) is 0 Å². The van der Waals surface area contributed by atoms with Crippen LogP contribution < -0.4 is 14.8 Å². The lowest BCUT2D eigenvalue weighted by Gasteiger charge is -2.26. The second-order valence-corrected chi connectivity index (χ2v) is 8.12. The van der Waals surface area contributed by atoms with E-state index in [2.05, 4.69) is 16.3 Å². The van der Waals surface area contributed by atoms with Crippen LogP contribution in [0.2, 0.25) is 0 Å². The molecule has 3 aliphatic rings. The summed E-state index contributed by atoms with van der Waals surface area (Å²) in [6.45, 7) is 5.05. The quantitative estimate of drug-likeness (QED) is 0.381. The first-order valence-electron chi connectivity index (χ1n) is 11.3. The van der Waals surface area contributed by atoms with Gasteiger partial charge in [-0.3, -0.25) is 4.90 Å². The molecule has 0 unspecified atom stereocenters. The van der Waals surface area contributed by atoms with E-state index in [9.17, 15) is 5.26 Å². The molecule has 1 saturated heterocycles. The first-order valence-corrected chi connectivity index (χ1v) is 11.3. The molecule has 0 atom stereocenters. The first-order chi connectivity index (χ1) is 16.7. The number of hydrogen-bond donors (Lipinski definition) is 1. The van der Waals surface area contributed by atoms with Crippen LogP contribution in [-0.2, 0) is 4.74 Å². The van der Waals surface area contributed by atoms with E-state index in [1.165, 1.54) is 0 Å². The fraction of sp³-hybridized carbons (Fsp3) is 0.308. The molecule has 8 heteroatoms. The second kappa shape index (κ2) is 10.00. The summed E-state index contributed by atoms with van der Waals surface area (Å²) in [4.78, 5) is 7.11. The Bertz CT molecular complexity index is 1290. The van der Waals surface area contributed by atoms with Gasteiger partial charge < -0.3 is 23.9 Å². The second-order valence-electron chi connectivity index (χ2n) is 8.12. The number of anilines is 2. The van der Waals surface area contributed by atoms with Gasteiger partial charge in [-0.1, -0.05) is 0 Å². The summed E-state index contributed by atoms with van der Waals surface area (Å²) in [7, 11) is 1.61. The number of methoxy groups -OCH3 is 1. The van der Waals surface area contributed by atoms with E-state index in [0.717, 1.165) is 55.9 Å². The van der Waals surface area contributed by atoms with Crippen LogP contribution in [-0.4, -0.2) is 56.4 Å². The highest BCUT2D eigenvalue weighted by Gasteiger charge is 2.16. The average Bonchev–Trinajstić information content (AvgIpc) is 3.29. The largest absolute Gasteiger partial charge is 0.493 e. The van der Waals surface area contributed by atoms with Crippen LogP contribution in [0.5, 0.6) is 11.5 Å². The van der Waals surface area contributed by atoms with Crippen molar-refractivity contribution in [3.63, 3.8) is 0 Å². The van der Waals surface area contributed by atoms with Crippen molar-refractivity contribution in [1.29, 1.82) is 5.26 Å². The van der Waals surface area contributed by atoms with Gasteiger partial charge >= 0.3 is 0 Å².